The van der Waals surface area contributed by atoms with Gasteiger partial charge in [-0.25, -0.2) is 0 Å². The average molecular weight is 338 g/mol. The lowest BCUT2D eigenvalue weighted by atomic mass is 9.98. The fraction of sp³-hybridized carbons (Fsp3) is 0.455. The van der Waals surface area contributed by atoms with Crippen molar-refractivity contribution in [2.24, 2.45) is 5.92 Å². The van der Waals surface area contributed by atoms with Crippen LogP contribution in [0.2, 0.25) is 0 Å². The average Bonchev–Trinajstić information content (AvgIpc) is 2.67. The number of piperidine rings is 1. The summed E-state index contributed by atoms with van der Waals surface area (Å²) in [5.74, 6) is 0.866. The highest BCUT2D eigenvalue weighted by Crippen LogP contribution is 2.23. The van der Waals surface area contributed by atoms with E-state index < -0.39 is 0 Å². The third kappa shape index (κ3) is 4.83. The second kappa shape index (κ2) is 8.50. The first-order chi connectivity index (χ1) is 12.2. The van der Waals surface area contributed by atoms with Crippen molar-refractivity contribution in [3.8, 4) is 0 Å². The summed E-state index contributed by atoms with van der Waals surface area (Å²) >= 11 is 0. The molecule has 1 aliphatic heterocycles. The van der Waals surface area contributed by atoms with E-state index in [0.717, 1.165) is 18.0 Å². The first-order valence-corrected chi connectivity index (χ1v) is 9.42. The Morgan fingerprint density at radius 3 is 2.48 bits per heavy atom. The Balaban J connectivity index is 1.54. The minimum absolute atomic E-state index is 0.0945. The number of benzene rings is 2. The van der Waals surface area contributed by atoms with Crippen LogP contribution in [0, 0.1) is 5.92 Å². The summed E-state index contributed by atoms with van der Waals surface area (Å²) in [4.78, 5) is 2.50. The SMILES string of the molecule is CC1CCN(c2ccc(CNC(C)c3cccc(CO)c3)cc2)CC1. The first kappa shape index (κ1) is 18.0. The van der Waals surface area contributed by atoms with Gasteiger partial charge in [-0.05, 0) is 54.5 Å². The molecule has 3 heteroatoms. The van der Waals surface area contributed by atoms with Gasteiger partial charge < -0.3 is 15.3 Å². The lowest BCUT2D eigenvalue weighted by Crippen LogP contribution is -2.32. The van der Waals surface area contributed by atoms with Gasteiger partial charge in [0.1, 0.15) is 0 Å². The Hall–Kier alpha value is -1.84. The van der Waals surface area contributed by atoms with Crippen molar-refractivity contribution < 1.29 is 5.11 Å². The molecule has 1 fully saturated rings. The maximum atomic E-state index is 9.28. The highest BCUT2D eigenvalue weighted by atomic mass is 16.3. The summed E-state index contributed by atoms with van der Waals surface area (Å²) in [7, 11) is 0. The van der Waals surface area contributed by atoms with E-state index in [0.29, 0.717) is 0 Å². The Morgan fingerprint density at radius 1 is 1.08 bits per heavy atom. The first-order valence-electron chi connectivity index (χ1n) is 9.42. The maximum Gasteiger partial charge on any atom is 0.0681 e. The van der Waals surface area contributed by atoms with Gasteiger partial charge in [0.05, 0.1) is 6.61 Å². The highest BCUT2D eigenvalue weighted by molar-refractivity contribution is 5.48. The molecule has 2 aromatic rings. The van der Waals surface area contributed by atoms with Crippen LogP contribution in [-0.4, -0.2) is 18.2 Å². The van der Waals surface area contributed by atoms with E-state index in [2.05, 4.69) is 60.5 Å². The number of aliphatic hydroxyl groups excluding tert-OH is 1. The minimum Gasteiger partial charge on any atom is -0.392 e. The molecule has 1 saturated heterocycles. The van der Waals surface area contributed by atoms with E-state index in [1.165, 1.54) is 42.7 Å². The number of hydrogen-bond donors (Lipinski definition) is 2. The zero-order valence-electron chi connectivity index (χ0n) is 15.4. The fourth-order valence-electron chi connectivity index (χ4n) is 3.44. The third-order valence-corrected chi connectivity index (χ3v) is 5.33. The number of nitrogens with zero attached hydrogens (tertiary/aromatic N) is 1. The summed E-state index contributed by atoms with van der Waals surface area (Å²) in [6.45, 7) is 7.82. The van der Waals surface area contributed by atoms with E-state index in [9.17, 15) is 5.11 Å². The van der Waals surface area contributed by atoms with Gasteiger partial charge in [-0.15, -0.1) is 0 Å². The van der Waals surface area contributed by atoms with Gasteiger partial charge >= 0.3 is 0 Å². The van der Waals surface area contributed by atoms with E-state index in [-0.39, 0.29) is 12.6 Å². The van der Waals surface area contributed by atoms with Crippen LogP contribution in [0.4, 0.5) is 5.69 Å². The smallest absolute Gasteiger partial charge is 0.0681 e. The highest BCUT2D eigenvalue weighted by Gasteiger charge is 2.15. The van der Waals surface area contributed by atoms with Crippen molar-refractivity contribution in [3.05, 3.63) is 65.2 Å². The van der Waals surface area contributed by atoms with Crippen molar-refractivity contribution in [2.45, 2.75) is 45.9 Å². The predicted molar refractivity (Wildman–Crippen MR) is 105 cm³/mol. The molecule has 0 saturated carbocycles. The lowest BCUT2D eigenvalue weighted by molar-refractivity contribution is 0.281. The van der Waals surface area contributed by atoms with Gasteiger partial charge in [-0.2, -0.15) is 0 Å². The normalized spacial score (nSPS) is 16.8. The monoisotopic (exact) mass is 338 g/mol. The Labute approximate surface area is 151 Å². The predicted octanol–water partition coefficient (Wildman–Crippen LogP) is 4.27. The van der Waals surface area contributed by atoms with Crippen LogP contribution in [-0.2, 0) is 13.2 Å². The molecular weight excluding hydrogens is 308 g/mol. The standard InChI is InChI=1S/C22H30N2O/c1-17-10-12-24(13-11-17)22-8-6-19(7-9-22)15-23-18(2)21-5-3-4-20(14-21)16-25/h3-9,14,17-18,23,25H,10-13,15-16H2,1-2H3. The number of nitrogens with one attached hydrogen (secondary N) is 1. The molecule has 25 heavy (non-hydrogen) atoms. The third-order valence-electron chi connectivity index (χ3n) is 5.33. The Bertz CT molecular complexity index is 660. The van der Waals surface area contributed by atoms with Crippen LogP contribution in [0.3, 0.4) is 0 Å². The lowest BCUT2D eigenvalue weighted by Gasteiger charge is -2.32. The summed E-state index contributed by atoms with van der Waals surface area (Å²) in [6, 6.07) is 17.4. The number of aliphatic hydroxyl groups is 1. The molecule has 2 aromatic carbocycles. The Morgan fingerprint density at radius 2 is 1.80 bits per heavy atom. The fourth-order valence-corrected chi connectivity index (χ4v) is 3.44. The van der Waals surface area contributed by atoms with Gasteiger partial charge in [0.2, 0.25) is 0 Å². The van der Waals surface area contributed by atoms with E-state index in [4.69, 9.17) is 0 Å². The maximum absolute atomic E-state index is 9.28. The molecule has 0 aromatic heterocycles. The molecule has 0 radical (unpaired) electrons. The molecule has 3 rings (SSSR count). The molecule has 0 spiro atoms. The van der Waals surface area contributed by atoms with Crippen LogP contribution in [0.15, 0.2) is 48.5 Å². The second-order valence-corrected chi connectivity index (χ2v) is 7.34. The molecule has 134 valence electrons. The van der Waals surface area contributed by atoms with Gasteiger partial charge in [0.15, 0.2) is 0 Å². The van der Waals surface area contributed by atoms with Crippen LogP contribution in [0.25, 0.3) is 0 Å². The van der Waals surface area contributed by atoms with Crippen molar-refractivity contribution in [2.75, 3.05) is 18.0 Å². The number of anilines is 1. The van der Waals surface area contributed by atoms with E-state index in [1.54, 1.807) is 0 Å². The summed E-state index contributed by atoms with van der Waals surface area (Å²) in [6.07, 6.45) is 2.60. The van der Waals surface area contributed by atoms with Crippen LogP contribution in [0.5, 0.6) is 0 Å². The summed E-state index contributed by atoms with van der Waals surface area (Å²) < 4.78 is 0. The molecule has 1 aliphatic rings. The van der Waals surface area contributed by atoms with Gasteiger partial charge in [0, 0.05) is 31.4 Å². The van der Waals surface area contributed by atoms with Gasteiger partial charge in [0.25, 0.3) is 0 Å². The molecule has 2 N–H and O–H groups in total. The van der Waals surface area contributed by atoms with E-state index in [1.807, 2.05) is 12.1 Å². The molecule has 0 amide bonds. The summed E-state index contributed by atoms with van der Waals surface area (Å²) in [5.41, 5.74) is 4.83. The van der Waals surface area contributed by atoms with Crippen molar-refractivity contribution in [1.29, 1.82) is 0 Å². The number of rotatable bonds is 6. The minimum atomic E-state index is 0.0945. The zero-order valence-corrected chi connectivity index (χ0v) is 15.4. The molecule has 1 unspecified atom stereocenters. The van der Waals surface area contributed by atoms with Crippen LogP contribution in [0.1, 0.15) is 49.4 Å². The van der Waals surface area contributed by atoms with E-state index >= 15 is 0 Å². The zero-order chi connectivity index (χ0) is 17.6. The largest absolute Gasteiger partial charge is 0.392 e. The second-order valence-electron chi connectivity index (χ2n) is 7.34. The van der Waals surface area contributed by atoms with Crippen molar-refractivity contribution in [1.82, 2.24) is 5.32 Å². The van der Waals surface area contributed by atoms with Crippen molar-refractivity contribution in [3.63, 3.8) is 0 Å². The molecular formula is C22H30N2O. The van der Waals surface area contributed by atoms with Gasteiger partial charge in [-0.3, -0.25) is 0 Å². The quantitative estimate of drug-likeness (QED) is 0.826. The molecule has 0 aliphatic carbocycles. The Kier molecular flexibility index (Phi) is 6.11. The van der Waals surface area contributed by atoms with Crippen molar-refractivity contribution >= 4 is 5.69 Å². The number of hydrogen-bond acceptors (Lipinski definition) is 3. The van der Waals surface area contributed by atoms with Crippen LogP contribution >= 0.6 is 0 Å². The summed E-state index contributed by atoms with van der Waals surface area (Å²) in [5, 5.41) is 12.9. The molecule has 0 bridgehead atoms. The van der Waals surface area contributed by atoms with Gasteiger partial charge in [-0.1, -0.05) is 43.3 Å². The topological polar surface area (TPSA) is 35.5 Å². The van der Waals surface area contributed by atoms with Crippen LogP contribution < -0.4 is 10.2 Å². The molecule has 3 nitrogen and oxygen atoms in total. The molecule has 1 heterocycles. The molecule has 1 atom stereocenters.